The van der Waals surface area contributed by atoms with Gasteiger partial charge in [0.15, 0.2) is 0 Å². The number of Topliss-reactive ketones (excluding diaryl/α,β-unsaturated/α-hetero) is 2. The van der Waals surface area contributed by atoms with Gasteiger partial charge in [0.2, 0.25) is 23.3 Å². The minimum atomic E-state index is -0.760. The van der Waals surface area contributed by atoms with Gasteiger partial charge in [0.05, 0.1) is 11.4 Å². The Hall–Kier alpha value is -7.28. The maximum Gasteiger partial charge on any atom is 0.265 e. The van der Waals surface area contributed by atoms with E-state index in [2.05, 4.69) is 10.6 Å². The molecule has 0 aliphatic carbocycles. The largest absolute Gasteiger partial charge is 0.493 e. The summed E-state index contributed by atoms with van der Waals surface area (Å²) >= 11 is 0. The Morgan fingerprint density at radius 2 is 0.649 bits per heavy atom. The van der Waals surface area contributed by atoms with E-state index in [9.17, 15) is 29.4 Å². The van der Waals surface area contributed by atoms with Crippen molar-refractivity contribution in [3.63, 3.8) is 0 Å². The van der Waals surface area contributed by atoms with E-state index in [-0.39, 0.29) is 28.2 Å². The van der Waals surface area contributed by atoms with E-state index in [0.29, 0.717) is 22.7 Å². The number of hydrogen-bond acceptors (Lipinski definition) is 10. The molecule has 2 amide bonds. The second-order valence-corrected chi connectivity index (χ2v) is 11.8. The Labute approximate surface area is 339 Å². The minimum Gasteiger partial charge on any atom is -0.493 e. The molecule has 6 aromatic rings. The average Bonchev–Trinajstić information content (AvgIpc) is 3.25. The van der Waals surface area contributed by atoms with Crippen LogP contribution >= 0.6 is 0 Å². The normalized spacial score (nSPS) is 11.1. The molecule has 8 N–H and O–H groups in total. The smallest absolute Gasteiger partial charge is 0.265 e. The standard InChI is InChI=1S/2C22H19N3O3.Cu/c2*23-25(18-14-8-3-9-15-18)22(28)19(20(26)16-10-4-1-5-11-16)21(27)24-17-12-6-2-7-13-17;/h2*1-15,28H,23H2,(H,24,27);/b2*22-19+;. The van der Waals surface area contributed by atoms with E-state index < -0.39 is 46.3 Å². The van der Waals surface area contributed by atoms with E-state index in [1.165, 1.54) is 0 Å². The number of rotatable bonds is 12. The first-order valence-electron chi connectivity index (χ1n) is 17.1. The zero-order chi connectivity index (χ0) is 39.9. The van der Waals surface area contributed by atoms with E-state index >= 15 is 0 Å². The molecule has 6 aromatic carbocycles. The van der Waals surface area contributed by atoms with Crippen LogP contribution in [-0.2, 0) is 26.7 Å². The van der Waals surface area contributed by atoms with Gasteiger partial charge < -0.3 is 20.8 Å². The van der Waals surface area contributed by atoms with E-state index in [4.69, 9.17) is 11.7 Å². The molecule has 13 heteroatoms. The number of anilines is 4. The summed E-state index contributed by atoms with van der Waals surface area (Å²) in [7, 11) is 0. The third kappa shape index (κ3) is 11.4. The van der Waals surface area contributed by atoms with Gasteiger partial charge in [-0.05, 0) is 48.5 Å². The van der Waals surface area contributed by atoms with Crippen LogP contribution in [0.5, 0.6) is 0 Å². The molecule has 6 rings (SSSR count). The maximum atomic E-state index is 13.0. The van der Waals surface area contributed by atoms with Gasteiger partial charge in [0.1, 0.15) is 11.1 Å². The Kier molecular flexibility index (Phi) is 15.6. The van der Waals surface area contributed by atoms with E-state index in [1.54, 1.807) is 182 Å². The number of carbonyl (C=O) groups excluding carboxylic acids is 4. The molecular weight excluding hydrogens is 772 g/mol. The number of hydrazine groups is 2. The van der Waals surface area contributed by atoms with Crippen LogP contribution in [0.25, 0.3) is 0 Å². The number of aliphatic hydroxyl groups excluding tert-OH is 2. The number of amides is 2. The molecule has 0 aliphatic rings. The van der Waals surface area contributed by atoms with Gasteiger partial charge in [-0.3, -0.25) is 19.2 Å². The predicted molar refractivity (Wildman–Crippen MR) is 217 cm³/mol. The molecule has 0 spiro atoms. The van der Waals surface area contributed by atoms with E-state index in [0.717, 1.165) is 10.0 Å². The Bertz CT molecular complexity index is 2150. The van der Waals surface area contributed by atoms with Gasteiger partial charge in [0, 0.05) is 39.6 Å². The molecule has 0 saturated heterocycles. The van der Waals surface area contributed by atoms with Crippen molar-refractivity contribution < 1.29 is 46.5 Å². The number of para-hydroxylation sites is 4. The molecule has 0 heterocycles. The van der Waals surface area contributed by atoms with Crippen molar-refractivity contribution in [2.45, 2.75) is 0 Å². The molecule has 12 nitrogen and oxygen atoms in total. The molecule has 0 unspecified atom stereocenters. The van der Waals surface area contributed by atoms with Crippen LogP contribution in [0.1, 0.15) is 20.7 Å². The topological polar surface area (TPSA) is 191 Å². The Balaban J connectivity index is 0.000000248. The van der Waals surface area contributed by atoms with Crippen LogP contribution in [0.2, 0.25) is 0 Å². The summed E-state index contributed by atoms with van der Waals surface area (Å²) in [6.45, 7) is 0. The van der Waals surface area contributed by atoms with Crippen molar-refractivity contribution in [3.8, 4) is 0 Å². The zero-order valence-electron chi connectivity index (χ0n) is 30.2. The predicted octanol–water partition coefficient (Wildman–Crippen LogP) is 7.31. The molecule has 0 saturated carbocycles. The van der Waals surface area contributed by atoms with Crippen LogP contribution in [0.4, 0.5) is 22.7 Å². The Morgan fingerprint density at radius 3 is 0.930 bits per heavy atom. The van der Waals surface area contributed by atoms with Crippen molar-refractivity contribution >= 4 is 46.1 Å². The third-order valence-electron chi connectivity index (χ3n) is 8.02. The zero-order valence-corrected chi connectivity index (χ0v) is 31.1. The van der Waals surface area contributed by atoms with Crippen LogP contribution in [0.15, 0.2) is 205 Å². The number of hydrogen-bond donors (Lipinski definition) is 6. The fourth-order valence-corrected chi connectivity index (χ4v) is 5.17. The van der Waals surface area contributed by atoms with E-state index in [1.807, 2.05) is 0 Å². The average molecular weight is 810 g/mol. The molecule has 57 heavy (non-hydrogen) atoms. The van der Waals surface area contributed by atoms with Crippen molar-refractivity contribution in [3.05, 3.63) is 216 Å². The molecule has 0 fully saturated rings. The summed E-state index contributed by atoms with van der Waals surface area (Å²) in [5.74, 6) is 7.87. The Morgan fingerprint density at radius 1 is 0.404 bits per heavy atom. The van der Waals surface area contributed by atoms with Gasteiger partial charge in [-0.15, -0.1) is 0 Å². The summed E-state index contributed by atoms with van der Waals surface area (Å²) in [4.78, 5) is 51.7. The van der Waals surface area contributed by atoms with Crippen molar-refractivity contribution in [2.75, 3.05) is 20.7 Å². The van der Waals surface area contributed by atoms with Crippen LogP contribution in [0, 0.1) is 0 Å². The van der Waals surface area contributed by atoms with Gasteiger partial charge in [-0.25, -0.2) is 21.7 Å². The van der Waals surface area contributed by atoms with Gasteiger partial charge in [-0.1, -0.05) is 133 Å². The quantitative estimate of drug-likeness (QED) is 0.0107. The molecule has 0 aromatic heterocycles. The second-order valence-electron chi connectivity index (χ2n) is 11.8. The number of nitrogens with two attached hydrogens (primary N) is 2. The SMILES string of the molecule is NN(/C(O)=C(\C(=O)Nc1ccccc1)C(=O)c1ccccc1)c1ccccc1.NN(/C(O)=C(\C(=O)Nc1ccccc1)C(=O)c1ccccc1)c1ccccc1.[Cu]. The number of benzene rings is 6. The summed E-state index contributed by atoms with van der Waals surface area (Å²) in [6.07, 6.45) is 0. The number of nitrogens with one attached hydrogen (secondary N) is 2. The van der Waals surface area contributed by atoms with Gasteiger partial charge in [-0.2, -0.15) is 0 Å². The molecular formula is C44H38CuN6O6. The summed E-state index contributed by atoms with van der Waals surface area (Å²) in [5, 5.41) is 28.5. The molecule has 0 atom stereocenters. The maximum absolute atomic E-state index is 13.0. The minimum absolute atomic E-state index is 0. The fraction of sp³-hybridized carbons (Fsp3) is 0. The third-order valence-corrected chi connectivity index (χ3v) is 8.02. The van der Waals surface area contributed by atoms with Crippen LogP contribution in [0.3, 0.4) is 0 Å². The van der Waals surface area contributed by atoms with Gasteiger partial charge in [0.25, 0.3) is 11.8 Å². The second kappa shape index (κ2) is 21.0. The number of carbonyl (C=O) groups is 4. The monoisotopic (exact) mass is 809 g/mol. The fourth-order valence-electron chi connectivity index (χ4n) is 5.17. The molecule has 0 bridgehead atoms. The summed E-state index contributed by atoms with van der Waals surface area (Å²) in [5.41, 5.74) is 1.42. The number of ketones is 2. The van der Waals surface area contributed by atoms with Crippen molar-refractivity contribution in [2.24, 2.45) is 11.7 Å². The first kappa shape index (κ1) is 42.5. The molecule has 1 radical (unpaired) electrons. The summed E-state index contributed by atoms with van der Waals surface area (Å²) in [6, 6.07) is 50.8. The number of nitrogens with zero attached hydrogens (tertiary/aromatic N) is 2. The van der Waals surface area contributed by atoms with Crippen LogP contribution in [-0.4, -0.2) is 33.6 Å². The first-order valence-corrected chi connectivity index (χ1v) is 17.1. The van der Waals surface area contributed by atoms with Crippen LogP contribution < -0.4 is 32.3 Å². The van der Waals surface area contributed by atoms with Gasteiger partial charge >= 0.3 is 0 Å². The van der Waals surface area contributed by atoms with Crippen molar-refractivity contribution in [1.82, 2.24) is 0 Å². The number of aliphatic hydroxyl groups is 2. The molecule has 291 valence electrons. The first-order chi connectivity index (χ1) is 27.2. The summed E-state index contributed by atoms with van der Waals surface area (Å²) < 4.78 is 0. The van der Waals surface area contributed by atoms with Crippen molar-refractivity contribution in [1.29, 1.82) is 0 Å². The molecule has 0 aliphatic heterocycles.